The van der Waals surface area contributed by atoms with Gasteiger partial charge in [0.25, 0.3) is 0 Å². The number of aliphatic imine (C=N–C) groups is 1. The molecule has 0 fully saturated rings. The lowest BCUT2D eigenvalue weighted by Gasteiger charge is -2.16. The van der Waals surface area contributed by atoms with Gasteiger partial charge in [0, 0.05) is 41.5 Å². The molecule has 1 aromatic carbocycles. The van der Waals surface area contributed by atoms with E-state index in [1.54, 1.807) is 13.2 Å². The fourth-order valence-corrected chi connectivity index (χ4v) is 3.19. The number of aromatic nitrogens is 2. The van der Waals surface area contributed by atoms with Crippen LogP contribution in [0.25, 0.3) is 0 Å². The molecule has 124 valence electrons. The zero-order chi connectivity index (χ0) is 16.7. The third kappa shape index (κ3) is 5.91. The van der Waals surface area contributed by atoms with Crippen molar-refractivity contribution >= 4 is 33.7 Å². The van der Waals surface area contributed by atoms with Crippen LogP contribution < -0.4 is 10.6 Å². The summed E-state index contributed by atoms with van der Waals surface area (Å²) < 4.78 is 2.96. The maximum absolute atomic E-state index is 4.26. The molecule has 0 saturated heterocycles. The Morgan fingerprint density at radius 2 is 2.04 bits per heavy atom. The normalized spacial score (nSPS) is 13.0. The second kappa shape index (κ2) is 8.98. The van der Waals surface area contributed by atoms with E-state index in [0.717, 1.165) is 22.7 Å². The van der Waals surface area contributed by atoms with Crippen molar-refractivity contribution in [2.45, 2.75) is 23.6 Å². The Morgan fingerprint density at radius 1 is 1.30 bits per heavy atom. The Balaban J connectivity index is 1.76. The van der Waals surface area contributed by atoms with Crippen LogP contribution >= 0.6 is 27.7 Å². The van der Waals surface area contributed by atoms with Gasteiger partial charge in [-0.2, -0.15) is 5.10 Å². The van der Waals surface area contributed by atoms with E-state index in [1.807, 2.05) is 29.6 Å². The van der Waals surface area contributed by atoms with Crippen LogP contribution in [-0.4, -0.2) is 34.6 Å². The van der Waals surface area contributed by atoms with E-state index in [9.17, 15) is 0 Å². The largest absolute Gasteiger partial charge is 0.355 e. The first-order valence-corrected chi connectivity index (χ1v) is 9.09. The number of halogens is 1. The monoisotopic (exact) mass is 395 g/mol. The molecule has 0 aliphatic carbocycles. The lowest BCUT2D eigenvalue weighted by atomic mass is 10.4. The number of benzene rings is 1. The van der Waals surface area contributed by atoms with Crippen LogP contribution in [0, 0.1) is 0 Å². The molecule has 0 spiro atoms. The maximum Gasteiger partial charge on any atom is 0.191 e. The number of aryl methyl sites for hydroxylation is 1. The van der Waals surface area contributed by atoms with E-state index < -0.39 is 0 Å². The van der Waals surface area contributed by atoms with Crippen LogP contribution in [-0.2, 0) is 13.6 Å². The summed E-state index contributed by atoms with van der Waals surface area (Å²) in [6.07, 6.45) is 1.80. The van der Waals surface area contributed by atoms with E-state index in [4.69, 9.17) is 0 Å². The molecule has 1 unspecified atom stereocenters. The smallest absolute Gasteiger partial charge is 0.191 e. The van der Waals surface area contributed by atoms with Crippen molar-refractivity contribution in [3.05, 3.63) is 46.7 Å². The highest BCUT2D eigenvalue weighted by Gasteiger charge is 2.07. The Labute approximate surface area is 150 Å². The Morgan fingerprint density at radius 3 is 2.65 bits per heavy atom. The zero-order valence-electron chi connectivity index (χ0n) is 13.6. The number of rotatable bonds is 6. The molecule has 5 nitrogen and oxygen atoms in total. The summed E-state index contributed by atoms with van der Waals surface area (Å²) in [7, 11) is 3.72. The fraction of sp³-hybridized carbons (Fsp3) is 0.375. The SMILES string of the molecule is CN=C(NCc1ccnn1C)NCC(C)Sc1ccc(Br)cc1. The molecule has 0 aliphatic rings. The number of guanidine groups is 1. The topological polar surface area (TPSA) is 54.2 Å². The summed E-state index contributed by atoms with van der Waals surface area (Å²) in [5, 5.41) is 11.3. The van der Waals surface area contributed by atoms with Crippen LogP contribution in [0.1, 0.15) is 12.6 Å². The van der Waals surface area contributed by atoms with E-state index in [2.05, 4.69) is 67.8 Å². The molecule has 23 heavy (non-hydrogen) atoms. The average molecular weight is 396 g/mol. The Hall–Kier alpha value is -1.47. The lowest BCUT2D eigenvalue weighted by molar-refractivity contribution is 0.684. The molecule has 0 bridgehead atoms. The number of hydrogen-bond acceptors (Lipinski definition) is 3. The third-order valence-electron chi connectivity index (χ3n) is 3.29. The van der Waals surface area contributed by atoms with Gasteiger partial charge in [0.15, 0.2) is 5.96 Å². The van der Waals surface area contributed by atoms with Crippen LogP contribution in [0.2, 0.25) is 0 Å². The van der Waals surface area contributed by atoms with Crippen molar-refractivity contribution in [3.8, 4) is 0 Å². The van der Waals surface area contributed by atoms with Crippen molar-refractivity contribution in [2.24, 2.45) is 12.0 Å². The Kier molecular flexibility index (Phi) is 6.98. The van der Waals surface area contributed by atoms with Crippen molar-refractivity contribution in [2.75, 3.05) is 13.6 Å². The molecular weight excluding hydrogens is 374 g/mol. The van der Waals surface area contributed by atoms with Crippen molar-refractivity contribution in [3.63, 3.8) is 0 Å². The van der Waals surface area contributed by atoms with Crippen LogP contribution in [0.3, 0.4) is 0 Å². The van der Waals surface area contributed by atoms with Gasteiger partial charge in [-0.25, -0.2) is 0 Å². The minimum Gasteiger partial charge on any atom is -0.355 e. The van der Waals surface area contributed by atoms with Gasteiger partial charge in [0.05, 0.1) is 12.2 Å². The van der Waals surface area contributed by atoms with Crippen LogP contribution in [0.4, 0.5) is 0 Å². The van der Waals surface area contributed by atoms with Crippen molar-refractivity contribution in [1.82, 2.24) is 20.4 Å². The Bertz CT molecular complexity index is 638. The summed E-state index contributed by atoms with van der Waals surface area (Å²) in [6, 6.07) is 10.4. The van der Waals surface area contributed by atoms with Gasteiger partial charge in [-0.05, 0) is 30.3 Å². The molecule has 1 heterocycles. The van der Waals surface area contributed by atoms with Gasteiger partial charge in [0.2, 0.25) is 0 Å². The fourth-order valence-electron chi connectivity index (χ4n) is 2.00. The molecular formula is C16H22BrN5S. The van der Waals surface area contributed by atoms with Gasteiger partial charge in [0.1, 0.15) is 0 Å². The second-order valence-corrected chi connectivity index (χ2v) is 7.56. The minimum absolute atomic E-state index is 0.437. The molecule has 7 heteroatoms. The highest BCUT2D eigenvalue weighted by Crippen LogP contribution is 2.24. The minimum atomic E-state index is 0.437. The molecule has 0 aliphatic heterocycles. The van der Waals surface area contributed by atoms with Crippen molar-refractivity contribution in [1.29, 1.82) is 0 Å². The van der Waals surface area contributed by atoms with Gasteiger partial charge < -0.3 is 10.6 Å². The molecule has 2 N–H and O–H groups in total. The molecule has 1 atom stereocenters. The first-order valence-electron chi connectivity index (χ1n) is 7.42. The summed E-state index contributed by atoms with van der Waals surface area (Å²) in [5.74, 6) is 0.800. The van der Waals surface area contributed by atoms with Gasteiger partial charge in [-0.3, -0.25) is 9.67 Å². The van der Waals surface area contributed by atoms with Gasteiger partial charge >= 0.3 is 0 Å². The average Bonchev–Trinajstić information content (AvgIpc) is 2.95. The van der Waals surface area contributed by atoms with E-state index >= 15 is 0 Å². The van der Waals surface area contributed by atoms with Gasteiger partial charge in [-0.1, -0.05) is 22.9 Å². The molecule has 1 aromatic heterocycles. The summed E-state index contributed by atoms with van der Waals surface area (Å²) in [4.78, 5) is 5.52. The van der Waals surface area contributed by atoms with E-state index in [0.29, 0.717) is 11.8 Å². The van der Waals surface area contributed by atoms with Crippen LogP contribution in [0.15, 0.2) is 50.9 Å². The highest BCUT2D eigenvalue weighted by molar-refractivity contribution is 9.10. The number of nitrogens with one attached hydrogen (secondary N) is 2. The number of nitrogens with zero attached hydrogens (tertiary/aromatic N) is 3. The second-order valence-electron chi connectivity index (χ2n) is 5.14. The maximum atomic E-state index is 4.26. The molecule has 0 saturated carbocycles. The standard InChI is InChI=1S/C16H22BrN5S/c1-12(23-15-6-4-13(17)5-7-15)10-19-16(18-2)20-11-14-8-9-21-22(14)3/h4-9,12H,10-11H2,1-3H3,(H2,18,19,20). The van der Waals surface area contributed by atoms with Crippen LogP contribution in [0.5, 0.6) is 0 Å². The molecule has 2 aromatic rings. The summed E-state index contributed by atoms with van der Waals surface area (Å²) in [5.41, 5.74) is 1.12. The molecule has 0 amide bonds. The third-order valence-corrected chi connectivity index (χ3v) is 4.93. The molecule has 0 radical (unpaired) electrons. The zero-order valence-corrected chi connectivity index (χ0v) is 16.0. The highest BCUT2D eigenvalue weighted by atomic mass is 79.9. The molecule has 2 rings (SSSR count). The quantitative estimate of drug-likeness (QED) is 0.448. The van der Waals surface area contributed by atoms with E-state index in [-0.39, 0.29) is 0 Å². The first kappa shape index (κ1) is 17.9. The predicted octanol–water partition coefficient (Wildman–Crippen LogP) is 3.03. The summed E-state index contributed by atoms with van der Waals surface area (Å²) in [6.45, 7) is 3.74. The van der Waals surface area contributed by atoms with Gasteiger partial charge in [-0.15, -0.1) is 11.8 Å². The van der Waals surface area contributed by atoms with Crippen molar-refractivity contribution < 1.29 is 0 Å². The first-order chi connectivity index (χ1) is 11.1. The lowest BCUT2D eigenvalue weighted by Crippen LogP contribution is -2.39. The number of thioether (sulfide) groups is 1. The predicted molar refractivity (Wildman–Crippen MR) is 101 cm³/mol. The number of hydrogen-bond donors (Lipinski definition) is 2. The van der Waals surface area contributed by atoms with E-state index in [1.165, 1.54) is 4.90 Å². The summed E-state index contributed by atoms with van der Waals surface area (Å²) >= 11 is 5.30.